The van der Waals surface area contributed by atoms with E-state index in [2.05, 4.69) is 18.9 Å². The highest BCUT2D eigenvalue weighted by molar-refractivity contribution is 6.31. The van der Waals surface area contributed by atoms with Crippen molar-refractivity contribution >= 4 is 23.6 Å². The van der Waals surface area contributed by atoms with Crippen molar-refractivity contribution in [3.8, 4) is 0 Å². The molecule has 1 aromatic rings. The fourth-order valence-corrected chi connectivity index (χ4v) is 3.87. The summed E-state index contributed by atoms with van der Waals surface area (Å²) in [4.78, 5) is 14.5. The Morgan fingerprint density at radius 1 is 1.38 bits per heavy atom. The standard InChI is InChI=1S/C19H28ClN3O3/c1-13(2)11-23-18(20)16(14(3)21-23)6-7-17(24)22-8-4-5-15(12-22)19-25-9-10-26-19/h6-7,13,15,19H,4-5,8-12H2,1-3H3/b7-6+. The van der Waals surface area contributed by atoms with Crippen molar-refractivity contribution in [1.82, 2.24) is 14.7 Å². The molecule has 2 aliphatic rings. The van der Waals surface area contributed by atoms with Crippen LogP contribution in [-0.4, -0.2) is 53.2 Å². The summed E-state index contributed by atoms with van der Waals surface area (Å²) in [6.07, 6.45) is 5.23. The smallest absolute Gasteiger partial charge is 0.246 e. The van der Waals surface area contributed by atoms with Gasteiger partial charge in [-0.05, 0) is 31.8 Å². The van der Waals surface area contributed by atoms with Crippen LogP contribution in [-0.2, 0) is 20.8 Å². The van der Waals surface area contributed by atoms with Crippen LogP contribution >= 0.6 is 11.6 Å². The highest BCUT2D eigenvalue weighted by Crippen LogP contribution is 2.26. The highest BCUT2D eigenvalue weighted by Gasteiger charge is 2.32. The third kappa shape index (κ3) is 4.48. The van der Waals surface area contributed by atoms with Gasteiger partial charge >= 0.3 is 0 Å². The van der Waals surface area contributed by atoms with Gasteiger partial charge in [0, 0.05) is 37.2 Å². The van der Waals surface area contributed by atoms with Crippen LogP contribution in [0.15, 0.2) is 6.08 Å². The molecule has 0 bridgehead atoms. The number of likely N-dealkylation sites (tertiary alicyclic amines) is 1. The Labute approximate surface area is 160 Å². The zero-order chi connectivity index (χ0) is 18.7. The van der Waals surface area contributed by atoms with Gasteiger partial charge in [-0.3, -0.25) is 9.48 Å². The molecule has 3 rings (SSSR count). The number of amides is 1. The summed E-state index contributed by atoms with van der Waals surface area (Å²) >= 11 is 6.44. The molecule has 0 N–H and O–H groups in total. The van der Waals surface area contributed by atoms with Crippen LogP contribution in [0.5, 0.6) is 0 Å². The summed E-state index contributed by atoms with van der Waals surface area (Å²) in [7, 11) is 0. The van der Waals surface area contributed by atoms with E-state index >= 15 is 0 Å². The normalized spacial score (nSPS) is 22.0. The topological polar surface area (TPSA) is 56.6 Å². The lowest BCUT2D eigenvalue weighted by Gasteiger charge is -2.34. The minimum Gasteiger partial charge on any atom is -0.350 e. The number of hydrogen-bond donors (Lipinski definition) is 0. The number of aryl methyl sites for hydroxylation is 1. The van der Waals surface area contributed by atoms with E-state index in [1.807, 2.05) is 11.8 Å². The molecule has 3 heterocycles. The van der Waals surface area contributed by atoms with E-state index in [0.29, 0.717) is 30.8 Å². The molecule has 1 unspecified atom stereocenters. The van der Waals surface area contributed by atoms with E-state index in [0.717, 1.165) is 37.2 Å². The summed E-state index contributed by atoms with van der Waals surface area (Å²) in [5.41, 5.74) is 1.65. The number of aromatic nitrogens is 2. The second-order valence-electron chi connectivity index (χ2n) is 7.50. The van der Waals surface area contributed by atoms with Crippen LogP contribution in [0.25, 0.3) is 6.08 Å². The number of halogens is 1. The number of carbonyl (C=O) groups excluding carboxylic acids is 1. The van der Waals surface area contributed by atoms with Gasteiger partial charge in [-0.15, -0.1) is 0 Å². The summed E-state index contributed by atoms with van der Waals surface area (Å²) in [5.74, 6) is 0.707. The van der Waals surface area contributed by atoms with Gasteiger partial charge in [-0.25, -0.2) is 0 Å². The maximum atomic E-state index is 12.6. The average Bonchev–Trinajstić information content (AvgIpc) is 3.23. The Morgan fingerprint density at radius 3 is 2.81 bits per heavy atom. The van der Waals surface area contributed by atoms with E-state index in [9.17, 15) is 4.79 Å². The monoisotopic (exact) mass is 381 g/mol. The second-order valence-corrected chi connectivity index (χ2v) is 7.85. The third-order valence-electron chi connectivity index (χ3n) is 4.84. The largest absolute Gasteiger partial charge is 0.350 e. The van der Waals surface area contributed by atoms with Crippen LogP contribution in [0, 0.1) is 18.8 Å². The second kappa shape index (κ2) is 8.55. The van der Waals surface area contributed by atoms with Gasteiger partial charge in [-0.1, -0.05) is 25.4 Å². The Morgan fingerprint density at radius 2 is 2.12 bits per heavy atom. The van der Waals surface area contributed by atoms with E-state index < -0.39 is 0 Å². The van der Waals surface area contributed by atoms with Crippen LogP contribution < -0.4 is 0 Å². The molecule has 2 fully saturated rings. The fourth-order valence-electron chi connectivity index (χ4n) is 3.56. The number of piperidine rings is 1. The number of rotatable bonds is 5. The minimum atomic E-state index is -0.166. The minimum absolute atomic E-state index is 0.000210. The lowest BCUT2D eigenvalue weighted by Crippen LogP contribution is -2.43. The van der Waals surface area contributed by atoms with Gasteiger partial charge in [-0.2, -0.15) is 5.10 Å². The molecular weight excluding hydrogens is 354 g/mol. The molecule has 1 amide bonds. The van der Waals surface area contributed by atoms with E-state index in [4.69, 9.17) is 21.1 Å². The van der Waals surface area contributed by atoms with Gasteiger partial charge < -0.3 is 14.4 Å². The van der Waals surface area contributed by atoms with Gasteiger partial charge in [0.25, 0.3) is 0 Å². The zero-order valence-corrected chi connectivity index (χ0v) is 16.5. The quantitative estimate of drug-likeness (QED) is 0.735. The maximum Gasteiger partial charge on any atom is 0.246 e. The number of nitrogens with zero attached hydrogens (tertiary/aromatic N) is 3. The summed E-state index contributed by atoms with van der Waals surface area (Å²) < 4.78 is 13.0. The van der Waals surface area contributed by atoms with E-state index in [-0.39, 0.29) is 18.1 Å². The van der Waals surface area contributed by atoms with Crippen LogP contribution in [0.3, 0.4) is 0 Å². The van der Waals surface area contributed by atoms with Crippen molar-refractivity contribution in [2.45, 2.75) is 46.4 Å². The van der Waals surface area contributed by atoms with Crippen LogP contribution in [0.1, 0.15) is 37.9 Å². The Hall–Kier alpha value is -1.37. The Balaban J connectivity index is 1.64. The van der Waals surface area contributed by atoms with Crippen molar-refractivity contribution in [3.63, 3.8) is 0 Å². The Bertz CT molecular complexity index is 665. The van der Waals surface area contributed by atoms with Gasteiger partial charge in [0.1, 0.15) is 5.15 Å². The van der Waals surface area contributed by atoms with Crippen LogP contribution in [0.4, 0.5) is 0 Å². The molecule has 144 valence electrons. The lowest BCUT2D eigenvalue weighted by molar-refractivity contribution is -0.134. The SMILES string of the molecule is Cc1nn(CC(C)C)c(Cl)c1/C=C/C(=O)N1CCCC(C2OCCO2)C1. The highest BCUT2D eigenvalue weighted by atomic mass is 35.5. The first-order chi connectivity index (χ1) is 12.5. The van der Waals surface area contributed by atoms with Gasteiger partial charge in [0.2, 0.25) is 5.91 Å². The fraction of sp³-hybridized carbons (Fsp3) is 0.684. The molecule has 26 heavy (non-hydrogen) atoms. The molecule has 0 radical (unpaired) electrons. The van der Waals surface area contributed by atoms with Gasteiger partial charge in [0.05, 0.1) is 18.9 Å². The van der Waals surface area contributed by atoms with Crippen molar-refractivity contribution in [2.24, 2.45) is 11.8 Å². The first-order valence-corrected chi connectivity index (χ1v) is 9.76. The number of ether oxygens (including phenoxy) is 2. The molecule has 1 aromatic heterocycles. The predicted molar refractivity (Wildman–Crippen MR) is 101 cm³/mol. The van der Waals surface area contributed by atoms with Crippen molar-refractivity contribution in [2.75, 3.05) is 26.3 Å². The van der Waals surface area contributed by atoms with Crippen molar-refractivity contribution in [3.05, 3.63) is 22.5 Å². The molecule has 7 heteroatoms. The van der Waals surface area contributed by atoms with Crippen molar-refractivity contribution < 1.29 is 14.3 Å². The summed E-state index contributed by atoms with van der Waals surface area (Å²) in [6.45, 7) is 9.66. The van der Waals surface area contributed by atoms with E-state index in [1.165, 1.54) is 0 Å². The van der Waals surface area contributed by atoms with E-state index in [1.54, 1.807) is 16.8 Å². The molecule has 2 saturated heterocycles. The molecule has 0 aliphatic carbocycles. The zero-order valence-electron chi connectivity index (χ0n) is 15.8. The molecule has 0 spiro atoms. The van der Waals surface area contributed by atoms with Gasteiger partial charge in [0.15, 0.2) is 6.29 Å². The molecule has 0 aromatic carbocycles. The van der Waals surface area contributed by atoms with Crippen LogP contribution in [0.2, 0.25) is 5.15 Å². The molecule has 6 nitrogen and oxygen atoms in total. The molecular formula is C19H28ClN3O3. The number of carbonyl (C=O) groups is 1. The first kappa shape index (κ1) is 19.4. The first-order valence-electron chi connectivity index (χ1n) is 9.38. The van der Waals surface area contributed by atoms with Crippen molar-refractivity contribution in [1.29, 1.82) is 0 Å². The summed E-state index contributed by atoms with van der Waals surface area (Å²) in [5, 5.41) is 5.07. The molecule has 1 atom stereocenters. The molecule has 2 aliphatic heterocycles. The average molecular weight is 382 g/mol. The summed E-state index contributed by atoms with van der Waals surface area (Å²) in [6, 6.07) is 0. The third-order valence-corrected chi connectivity index (χ3v) is 5.24. The molecule has 0 saturated carbocycles. The Kier molecular flexibility index (Phi) is 6.37. The lowest BCUT2D eigenvalue weighted by atomic mass is 9.97. The number of hydrogen-bond acceptors (Lipinski definition) is 4. The predicted octanol–water partition coefficient (Wildman–Crippen LogP) is 3.13. The maximum absolute atomic E-state index is 12.6.